The molecular weight excluding hydrogens is 224 g/mol. The second-order valence-electron chi connectivity index (χ2n) is 6.70. The lowest BCUT2D eigenvalue weighted by Crippen LogP contribution is -2.55. The van der Waals surface area contributed by atoms with Crippen molar-refractivity contribution in [3.05, 3.63) is 0 Å². The predicted octanol–water partition coefficient (Wildman–Crippen LogP) is 2.59. The summed E-state index contributed by atoms with van der Waals surface area (Å²) in [6.45, 7) is 4.58. The number of nitrogens with two attached hydrogens (primary N) is 1. The van der Waals surface area contributed by atoms with E-state index in [-0.39, 0.29) is 5.91 Å². The largest absolute Gasteiger partial charge is 0.352 e. The van der Waals surface area contributed by atoms with Gasteiger partial charge in [0.05, 0.1) is 5.54 Å². The molecule has 3 nitrogen and oxygen atoms in total. The van der Waals surface area contributed by atoms with Crippen molar-refractivity contribution in [2.75, 3.05) is 0 Å². The van der Waals surface area contributed by atoms with Crippen molar-refractivity contribution in [1.82, 2.24) is 5.32 Å². The van der Waals surface area contributed by atoms with E-state index in [0.29, 0.717) is 6.04 Å². The summed E-state index contributed by atoms with van der Waals surface area (Å²) in [5.41, 5.74) is 5.64. The fourth-order valence-corrected chi connectivity index (χ4v) is 3.53. The Morgan fingerprint density at radius 2 is 1.89 bits per heavy atom. The fourth-order valence-electron chi connectivity index (χ4n) is 3.53. The lowest BCUT2D eigenvalue weighted by molar-refractivity contribution is -0.127. The molecule has 0 saturated heterocycles. The van der Waals surface area contributed by atoms with Crippen LogP contribution in [0.1, 0.15) is 65.2 Å². The van der Waals surface area contributed by atoms with Crippen molar-refractivity contribution < 1.29 is 4.79 Å². The van der Waals surface area contributed by atoms with Crippen molar-refractivity contribution in [2.24, 2.45) is 17.6 Å². The van der Waals surface area contributed by atoms with Crippen LogP contribution in [-0.2, 0) is 4.79 Å². The van der Waals surface area contributed by atoms with Crippen LogP contribution in [0.3, 0.4) is 0 Å². The molecule has 2 aliphatic rings. The molecule has 2 unspecified atom stereocenters. The van der Waals surface area contributed by atoms with E-state index < -0.39 is 5.54 Å². The van der Waals surface area contributed by atoms with Gasteiger partial charge in [0, 0.05) is 6.04 Å². The van der Waals surface area contributed by atoms with E-state index in [1.807, 2.05) is 0 Å². The Balaban J connectivity index is 1.87. The Labute approximate surface area is 111 Å². The quantitative estimate of drug-likeness (QED) is 0.811. The number of nitrogens with one attached hydrogen (secondary N) is 1. The van der Waals surface area contributed by atoms with Crippen LogP contribution in [0.5, 0.6) is 0 Å². The van der Waals surface area contributed by atoms with Crippen molar-refractivity contribution >= 4 is 5.91 Å². The third-order valence-electron chi connectivity index (χ3n) is 4.94. The van der Waals surface area contributed by atoms with Crippen LogP contribution in [-0.4, -0.2) is 17.5 Å². The number of hydrogen-bond donors (Lipinski definition) is 2. The number of amides is 1. The molecule has 3 N–H and O–H groups in total. The number of carbonyl (C=O) groups excluding carboxylic acids is 1. The molecule has 1 amide bonds. The first kappa shape index (κ1) is 13.9. The van der Waals surface area contributed by atoms with E-state index in [1.54, 1.807) is 0 Å². The molecule has 2 saturated carbocycles. The standard InChI is InChI=1S/C15H28N2O/c1-11(2)12-6-5-7-13(10-12)17-14(18)15(16)8-3-4-9-15/h11-13H,3-10,16H2,1-2H3,(H,17,18). The van der Waals surface area contributed by atoms with Crippen LogP contribution < -0.4 is 11.1 Å². The molecule has 0 aliphatic heterocycles. The van der Waals surface area contributed by atoms with Gasteiger partial charge in [0.2, 0.25) is 5.91 Å². The van der Waals surface area contributed by atoms with Crippen LogP contribution in [0, 0.1) is 11.8 Å². The topological polar surface area (TPSA) is 55.1 Å². The van der Waals surface area contributed by atoms with Gasteiger partial charge < -0.3 is 11.1 Å². The monoisotopic (exact) mass is 252 g/mol. The highest BCUT2D eigenvalue weighted by molar-refractivity contribution is 5.86. The predicted molar refractivity (Wildman–Crippen MR) is 74.1 cm³/mol. The molecule has 0 radical (unpaired) electrons. The maximum atomic E-state index is 12.3. The summed E-state index contributed by atoms with van der Waals surface area (Å²) in [5, 5.41) is 3.22. The molecule has 0 spiro atoms. The van der Waals surface area contributed by atoms with Gasteiger partial charge in [-0.05, 0) is 37.5 Å². The van der Waals surface area contributed by atoms with Crippen molar-refractivity contribution in [3.8, 4) is 0 Å². The fraction of sp³-hybridized carbons (Fsp3) is 0.933. The first-order chi connectivity index (χ1) is 8.51. The van der Waals surface area contributed by atoms with E-state index in [2.05, 4.69) is 19.2 Å². The Bertz CT molecular complexity index is 295. The van der Waals surface area contributed by atoms with E-state index >= 15 is 0 Å². The summed E-state index contributed by atoms with van der Waals surface area (Å²) < 4.78 is 0. The molecule has 18 heavy (non-hydrogen) atoms. The third-order valence-corrected chi connectivity index (χ3v) is 4.94. The SMILES string of the molecule is CC(C)C1CCCC(NC(=O)C2(N)CCCC2)C1. The molecule has 2 atom stereocenters. The first-order valence-corrected chi connectivity index (χ1v) is 7.61. The number of hydrogen-bond acceptors (Lipinski definition) is 2. The van der Waals surface area contributed by atoms with Gasteiger partial charge in [0.15, 0.2) is 0 Å². The van der Waals surface area contributed by atoms with Gasteiger partial charge in [-0.15, -0.1) is 0 Å². The minimum Gasteiger partial charge on any atom is -0.352 e. The Hall–Kier alpha value is -0.570. The summed E-state index contributed by atoms with van der Waals surface area (Å²) in [7, 11) is 0. The van der Waals surface area contributed by atoms with Gasteiger partial charge in [0.1, 0.15) is 0 Å². The lowest BCUT2D eigenvalue weighted by Gasteiger charge is -2.34. The summed E-state index contributed by atoms with van der Waals surface area (Å²) in [6.07, 6.45) is 8.75. The van der Waals surface area contributed by atoms with Crippen molar-refractivity contribution in [1.29, 1.82) is 0 Å². The van der Waals surface area contributed by atoms with E-state index in [9.17, 15) is 4.79 Å². The Morgan fingerprint density at radius 1 is 1.22 bits per heavy atom. The van der Waals surface area contributed by atoms with Crippen LogP contribution in [0.15, 0.2) is 0 Å². The highest BCUT2D eigenvalue weighted by Gasteiger charge is 2.38. The zero-order valence-electron chi connectivity index (χ0n) is 11.9. The Morgan fingerprint density at radius 3 is 2.50 bits per heavy atom. The van der Waals surface area contributed by atoms with Gasteiger partial charge in [0.25, 0.3) is 0 Å². The number of carbonyl (C=O) groups is 1. The summed E-state index contributed by atoms with van der Waals surface area (Å²) >= 11 is 0. The van der Waals surface area contributed by atoms with E-state index in [4.69, 9.17) is 5.73 Å². The number of rotatable bonds is 3. The first-order valence-electron chi connectivity index (χ1n) is 7.61. The van der Waals surface area contributed by atoms with Crippen LogP contribution in [0.2, 0.25) is 0 Å². The molecule has 0 aromatic rings. The summed E-state index contributed by atoms with van der Waals surface area (Å²) in [5.74, 6) is 1.60. The average molecular weight is 252 g/mol. The van der Waals surface area contributed by atoms with Crippen molar-refractivity contribution in [2.45, 2.75) is 76.8 Å². The molecular formula is C15H28N2O. The van der Waals surface area contributed by atoms with Gasteiger partial charge in [-0.25, -0.2) is 0 Å². The van der Waals surface area contributed by atoms with Gasteiger partial charge in [-0.3, -0.25) is 4.79 Å². The molecule has 104 valence electrons. The molecule has 2 fully saturated rings. The normalized spacial score (nSPS) is 31.6. The van der Waals surface area contributed by atoms with E-state index in [1.165, 1.54) is 12.8 Å². The minimum absolute atomic E-state index is 0.106. The average Bonchev–Trinajstić information content (AvgIpc) is 2.78. The zero-order chi connectivity index (χ0) is 13.2. The molecule has 0 aromatic carbocycles. The van der Waals surface area contributed by atoms with Gasteiger partial charge in [-0.2, -0.15) is 0 Å². The smallest absolute Gasteiger partial charge is 0.240 e. The van der Waals surface area contributed by atoms with Crippen LogP contribution in [0.25, 0.3) is 0 Å². The second-order valence-corrected chi connectivity index (χ2v) is 6.70. The Kier molecular flexibility index (Phi) is 4.31. The van der Waals surface area contributed by atoms with Crippen LogP contribution in [0.4, 0.5) is 0 Å². The highest BCUT2D eigenvalue weighted by atomic mass is 16.2. The minimum atomic E-state index is -0.565. The van der Waals surface area contributed by atoms with E-state index in [0.717, 1.165) is 50.4 Å². The van der Waals surface area contributed by atoms with Gasteiger partial charge in [-0.1, -0.05) is 39.5 Å². The molecule has 0 bridgehead atoms. The molecule has 0 heterocycles. The second kappa shape index (κ2) is 5.60. The molecule has 0 aromatic heterocycles. The maximum absolute atomic E-state index is 12.3. The van der Waals surface area contributed by atoms with Crippen molar-refractivity contribution in [3.63, 3.8) is 0 Å². The highest BCUT2D eigenvalue weighted by Crippen LogP contribution is 2.31. The lowest BCUT2D eigenvalue weighted by atomic mass is 9.79. The summed E-state index contributed by atoms with van der Waals surface area (Å²) in [6, 6.07) is 0.361. The van der Waals surface area contributed by atoms with Gasteiger partial charge >= 0.3 is 0 Å². The summed E-state index contributed by atoms with van der Waals surface area (Å²) in [4.78, 5) is 12.3. The zero-order valence-corrected chi connectivity index (χ0v) is 11.9. The molecule has 2 aliphatic carbocycles. The molecule has 2 rings (SSSR count). The third kappa shape index (κ3) is 3.05. The maximum Gasteiger partial charge on any atom is 0.240 e. The van der Waals surface area contributed by atoms with Crippen LogP contribution >= 0.6 is 0 Å². The molecule has 3 heteroatoms.